The number of piperidine rings is 1. The van der Waals surface area contributed by atoms with Gasteiger partial charge in [0.05, 0.1) is 0 Å². The first kappa shape index (κ1) is 18.4. The van der Waals surface area contributed by atoms with E-state index >= 15 is 0 Å². The van der Waals surface area contributed by atoms with Gasteiger partial charge >= 0.3 is 0 Å². The number of nitrogens with zero attached hydrogens (tertiary/aromatic N) is 4. The van der Waals surface area contributed by atoms with Crippen LogP contribution < -0.4 is 4.90 Å². The van der Waals surface area contributed by atoms with Crippen LogP contribution in [0.3, 0.4) is 0 Å². The van der Waals surface area contributed by atoms with Gasteiger partial charge in [0.1, 0.15) is 0 Å². The minimum atomic E-state index is 0.118. The van der Waals surface area contributed by atoms with Gasteiger partial charge in [-0.2, -0.15) is 4.98 Å². The summed E-state index contributed by atoms with van der Waals surface area (Å²) in [6, 6.07) is 7.81. The number of hydrogen-bond acceptors (Lipinski definition) is 5. The van der Waals surface area contributed by atoms with E-state index in [0.29, 0.717) is 5.92 Å². The van der Waals surface area contributed by atoms with E-state index in [0.717, 1.165) is 55.3 Å². The third-order valence-corrected chi connectivity index (χ3v) is 4.97. The minimum Gasteiger partial charge on any atom is -0.378 e. The fourth-order valence-electron chi connectivity index (χ4n) is 3.27. The van der Waals surface area contributed by atoms with Gasteiger partial charge < -0.3 is 14.3 Å². The van der Waals surface area contributed by atoms with Gasteiger partial charge in [-0.3, -0.25) is 4.79 Å². The zero-order chi connectivity index (χ0) is 18.7. The molecule has 0 bridgehead atoms. The molecular weight excluding hydrogens is 328 g/mol. The van der Waals surface area contributed by atoms with Crippen molar-refractivity contribution in [3.63, 3.8) is 0 Å². The zero-order valence-electron chi connectivity index (χ0n) is 16.1. The number of aromatic nitrogens is 2. The van der Waals surface area contributed by atoms with Gasteiger partial charge in [0.2, 0.25) is 5.89 Å². The van der Waals surface area contributed by atoms with Crippen LogP contribution in [0.25, 0.3) is 0 Å². The molecule has 2 heterocycles. The van der Waals surface area contributed by atoms with Crippen molar-refractivity contribution in [1.29, 1.82) is 0 Å². The molecule has 1 aliphatic heterocycles. The van der Waals surface area contributed by atoms with Crippen LogP contribution in [-0.4, -0.2) is 48.1 Å². The number of rotatable bonds is 5. The molecule has 0 unspecified atom stereocenters. The number of hydrogen-bond donors (Lipinski definition) is 0. The summed E-state index contributed by atoms with van der Waals surface area (Å²) in [5.41, 5.74) is 1.80. The topological polar surface area (TPSA) is 62.5 Å². The molecule has 3 rings (SSSR count). The molecule has 6 heteroatoms. The van der Waals surface area contributed by atoms with Gasteiger partial charge in [0.15, 0.2) is 5.82 Å². The van der Waals surface area contributed by atoms with Crippen LogP contribution in [0, 0.1) is 5.92 Å². The Labute approximate surface area is 155 Å². The molecule has 6 nitrogen and oxygen atoms in total. The Morgan fingerprint density at radius 1 is 1.31 bits per heavy atom. The summed E-state index contributed by atoms with van der Waals surface area (Å²) in [7, 11) is 3.97. The Hall–Kier alpha value is -2.37. The normalized spacial score (nSPS) is 15.5. The second kappa shape index (κ2) is 7.89. The average molecular weight is 356 g/mol. The largest absolute Gasteiger partial charge is 0.378 e. The molecule has 1 aromatic carbocycles. The van der Waals surface area contributed by atoms with Crippen LogP contribution in [0.5, 0.6) is 0 Å². The van der Waals surface area contributed by atoms with Gasteiger partial charge in [-0.05, 0) is 37.0 Å². The Morgan fingerprint density at radius 2 is 2.04 bits per heavy atom. The van der Waals surface area contributed by atoms with E-state index in [-0.39, 0.29) is 11.8 Å². The molecule has 140 valence electrons. The highest BCUT2D eigenvalue weighted by Crippen LogP contribution is 2.24. The van der Waals surface area contributed by atoms with Crippen molar-refractivity contribution in [2.75, 3.05) is 32.1 Å². The highest BCUT2D eigenvalue weighted by atomic mass is 16.5. The lowest BCUT2D eigenvalue weighted by Gasteiger charge is -2.31. The molecule has 0 N–H and O–H groups in total. The van der Waals surface area contributed by atoms with Crippen LogP contribution in [0.15, 0.2) is 28.8 Å². The van der Waals surface area contributed by atoms with Gasteiger partial charge in [-0.1, -0.05) is 25.1 Å². The summed E-state index contributed by atoms with van der Waals surface area (Å²) >= 11 is 0. The highest BCUT2D eigenvalue weighted by molar-refractivity contribution is 5.95. The predicted octanol–water partition coefficient (Wildman–Crippen LogP) is 3.35. The zero-order valence-corrected chi connectivity index (χ0v) is 16.1. The van der Waals surface area contributed by atoms with Crippen LogP contribution in [0.1, 0.15) is 54.7 Å². The quantitative estimate of drug-likeness (QED) is 0.822. The second-order valence-electron chi connectivity index (χ2n) is 7.59. The third kappa shape index (κ3) is 4.23. The first-order valence-corrected chi connectivity index (χ1v) is 9.33. The maximum absolute atomic E-state index is 12.8. The molecule has 0 atom stereocenters. The number of carbonyl (C=O) groups is 1. The van der Waals surface area contributed by atoms with Gasteiger partial charge in [0, 0.05) is 50.8 Å². The average Bonchev–Trinajstić information content (AvgIpc) is 3.11. The molecule has 2 aromatic rings. The summed E-state index contributed by atoms with van der Waals surface area (Å²) in [6.07, 6.45) is 2.74. The number of likely N-dealkylation sites (tertiary alicyclic amines) is 1. The van der Waals surface area contributed by atoms with Crippen molar-refractivity contribution in [3.05, 3.63) is 41.5 Å². The number of benzene rings is 1. The van der Waals surface area contributed by atoms with Gasteiger partial charge in [0.25, 0.3) is 5.91 Å². The minimum absolute atomic E-state index is 0.118. The number of anilines is 1. The predicted molar refractivity (Wildman–Crippen MR) is 101 cm³/mol. The van der Waals surface area contributed by atoms with Crippen molar-refractivity contribution >= 4 is 11.6 Å². The van der Waals surface area contributed by atoms with Crippen molar-refractivity contribution < 1.29 is 9.32 Å². The van der Waals surface area contributed by atoms with Gasteiger partial charge in [-0.15, -0.1) is 0 Å². The number of carbonyl (C=O) groups excluding carboxylic acids is 1. The Kier molecular flexibility index (Phi) is 5.59. The monoisotopic (exact) mass is 356 g/mol. The fourth-order valence-corrected chi connectivity index (χ4v) is 3.27. The van der Waals surface area contributed by atoms with E-state index in [4.69, 9.17) is 4.52 Å². The molecule has 0 radical (unpaired) electrons. The molecule has 1 aromatic heterocycles. The Morgan fingerprint density at radius 3 is 2.65 bits per heavy atom. The molecule has 0 spiro atoms. The summed E-state index contributed by atoms with van der Waals surface area (Å²) < 4.78 is 5.36. The van der Waals surface area contributed by atoms with E-state index in [1.807, 2.05) is 48.2 Å². The van der Waals surface area contributed by atoms with Crippen molar-refractivity contribution in [3.8, 4) is 0 Å². The highest BCUT2D eigenvalue weighted by Gasteiger charge is 2.25. The number of amides is 1. The van der Waals surface area contributed by atoms with E-state index < -0.39 is 0 Å². The van der Waals surface area contributed by atoms with E-state index in [1.165, 1.54) is 0 Å². The lowest BCUT2D eigenvalue weighted by molar-refractivity contribution is 0.0687. The van der Waals surface area contributed by atoms with Crippen LogP contribution in [-0.2, 0) is 6.42 Å². The Balaban J connectivity index is 1.56. The van der Waals surface area contributed by atoms with Crippen LogP contribution >= 0.6 is 0 Å². The SMILES string of the molecule is CC(C)c1noc(CC2CCN(C(=O)c3cccc(N(C)C)c3)CC2)n1. The lowest BCUT2D eigenvalue weighted by Crippen LogP contribution is -2.39. The Bertz CT molecular complexity index is 746. The third-order valence-electron chi connectivity index (χ3n) is 4.97. The van der Waals surface area contributed by atoms with Crippen molar-refractivity contribution in [2.24, 2.45) is 5.92 Å². The molecule has 1 aliphatic rings. The van der Waals surface area contributed by atoms with Gasteiger partial charge in [-0.25, -0.2) is 0 Å². The summed E-state index contributed by atoms with van der Waals surface area (Å²) in [5.74, 6) is 2.38. The fraction of sp³-hybridized carbons (Fsp3) is 0.550. The molecular formula is C20H28N4O2. The van der Waals surface area contributed by atoms with Crippen LogP contribution in [0.4, 0.5) is 5.69 Å². The summed E-state index contributed by atoms with van der Waals surface area (Å²) in [6.45, 7) is 5.68. The maximum atomic E-state index is 12.8. The molecule has 0 saturated carbocycles. The molecule has 1 amide bonds. The lowest BCUT2D eigenvalue weighted by atomic mass is 9.93. The van der Waals surface area contributed by atoms with E-state index in [9.17, 15) is 4.79 Å². The molecule has 26 heavy (non-hydrogen) atoms. The van der Waals surface area contributed by atoms with Crippen molar-refractivity contribution in [2.45, 2.75) is 39.0 Å². The molecule has 1 saturated heterocycles. The molecule has 0 aliphatic carbocycles. The smallest absolute Gasteiger partial charge is 0.253 e. The molecule has 1 fully saturated rings. The van der Waals surface area contributed by atoms with E-state index in [2.05, 4.69) is 24.0 Å². The van der Waals surface area contributed by atoms with Crippen molar-refractivity contribution in [1.82, 2.24) is 15.0 Å². The second-order valence-corrected chi connectivity index (χ2v) is 7.59. The standard InChI is InChI=1S/C20H28N4O2/c1-14(2)19-21-18(26-22-19)12-15-8-10-24(11-9-15)20(25)16-6-5-7-17(13-16)23(3)4/h5-7,13-15H,8-12H2,1-4H3. The van der Waals surface area contributed by atoms with Crippen LogP contribution in [0.2, 0.25) is 0 Å². The summed E-state index contributed by atoms with van der Waals surface area (Å²) in [5, 5.41) is 4.03. The first-order chi connectivity index (χ1) is 12.4. The van der Waals surface area contributed by atoms with E-state index in [1.54, 1.807) is 0 Å². The summed E-state index contributed by atoms with van der Waals surface area (Å²) in [4.78, 5) is 21.2. The maximum Gasteiger partial charge on any atom is 0.253 e. The first-order valence-electron chi connectivity index (χ1n) is 9.33.